The third kappa shape index (κ3) is 4.58. The summed E-state index contributed by atoms with van der Waals surface area (Å²) in [6, 6.07) is 3.11. The summed E-state index contributed by atoms with van der Waals surface area (Å²) < 4.78 is 0. The first-order chi connectivity index (χ1) is 8.02. The Labute approximate surface area is 105 Å². The second-order valence-corrected chi connectivity index (χ2v) is 4.09. The van der Waals surface area contributed by atoms with Crippen molar-refractivity contribution in [1.29, 1.82) is 0 Å². The molecular formula is C11H16ClN3O2. The number of nitrogens with zero attached hydrogens (tertiary/aromatic N) is 1. The summed E-state index contributed by atoms with van der Waals surface area (Å²) in [4.78, 5) is 15.7. The molecule has 1 rings (SSSR count). The lowest BCUT2D eigenvalue weighted by Crippen LogP contribution is -2.26. The molecule has 3 N–H and O–H groups in total. The standard InChI is InChI=1S/C11H16ClN3O2/c1-7(16)3-4-14-11(17)8-5-9(12)15-10(6-8)13-2/h5-7,16H,3-4H2,1-2H3,(H,13,15)(H,14,17). The molecule has 1 heterocycles. The largest absolute Gasteiger partial charge is 0.393 e. The van der Waals surface area contributed by atoms with Crippen LogP contribution >= 0.6 is 11.6 Å². The number of rotatable bonds is 5. The zero-order valence-electron chi connectivity index (χ0n) is 9.83. The van der Waals surface area contributed by atoms with Crippen LogP contribution in [0.25, 0.3) is 0 Å². The SMILES string of the molecule is CNc1cc(C(=O)NCCC(C)O)cc(Cl)n1. The van der Waals surface area contributed by atoms with Crippen molar-refractivity contribution >= 4 is 23.3 Å². The normalized spacial score (nSPS) is 12.0. The molecule has 1 atom stereocenters. The van der Waals surface area contributed by atoms with Gasteiger partial charge in [0.15, 0.2) is 0 Å². The molecular weight excluding hydrogens is 242 g/mol. The van der Waals surface area contributed by atoms with Crippen LogP contribution in [-0.2, 0) is 0 Å². The molecule has 0 fully saturated rings. The molecule has 0 aliphatic rings. The van der Waals surface area contributed by atoms with Crippen molar-refractivity contribution < 1.29 is 9.90 Å². The van der Waals surface area contributed by atoms with Crippen LogP contribution in [0.2, 0.25) is 5.15 Å². The topological polar surface area (TPSA) is 74.2 Å². The molecule has 1 aromatic heterocycles. The third-order valence-electron chi connectivity index (χ3n) is 2.16. The molecule has 0 saturated heterocycles. The van der Waals surface area contributed by atoms with E-state index in [0.717, 1.165) is 0 Å². The predicted molar refractivity (Wildman–Crippen MR) is 67.4 cm³/mol. The third-order valence-corrected chi connectivity index (χ3v) is 2.35. The number of carbonyl (C=O) groups is 1. The molecule has 5 nitrogen and oxygen atoms in total. The number of carbonyl (C=O) groups excluding carboxylic acids is 1. The zero-order valence-corrected chi connectivity index (χ0v) is 10.6. The fourth-order valence-corrected chi connectivity index (χ4v) is 1.46. The van der Waals surface area contributed by atoms with E-state index in [4.69, 9.17) is 16.7 Å². The Kier molecular flexibility index (Phi) is 5.18. The summed E-state index contributed by atoms with van der Waals surface area (Å²) in [5.41, 5.74) is 0.444. The number of pyridine rings is 1. The second kappa shape index (κ2) is 6.42. The summed E-state index contributed by atoms with van der Waals surface area (Å²) in [7, 11) is 1.70. The molecule has 6 heteroatoms. The van der Waals surface area contributed by atoms with E-state index in [-0.39, 0.29) is 11.1 Å². The van der Waals surface area contributed by atoms with Crippen LogP contribution in [0.3, 0.4) is 0 Å². The highest BCUT2D eigenvalue weighted by molar-refractivity contribution is 6.29. The highest BCUT2D eigenvalue weighted by Crippen LogP contribution is 2.13. The summed E-state index contributed by atoms with van der Waals surface area (Å²) in [5.74, 6) is 0.310. The number of amides is 1. The molecule has 0 radical (unpaired) electrons. The smallest absolute Gasteiger partial charge is 0.251 e. The number of aromatic nitrogens is 1. The molecule has 0 bridgehead atoms. The maximum Gasteiger partial charge on any atom is 0.251 e. The van der Waals surface area contributed by atoms with Gasteiger partial charge in [-0.15, -0.1) is 0 Å². The minimum Gasteiger partial charge on any atom is -0.393 e. The van der Waals surface area contributed by atoms with Crippen LogP contribution in [0.15, 0.2) is 12.1 Å². The Morgan fingerprint density at radius 3 is 2.88 bits per heavy atom. The van der Waals surface area contributed by atoms with Crippen LogP contribution < -0.4 is 10.6 Å². The molecule has 0 aliphatic heterocycles. The molecule has 1 amide bonds. The minimum absolute atomic E-state index is 0.230. The van der Waals surface area contributed by atoms with Gasteiger partial charge in [0.2, 0.25) is 0 Å². The first-order valence-electron chi connectivity index (χ1n) is 5.34. The van der Waals surface area contributed by atoms with Gasteiger partial charge in [-0.2, -0.15) is 0 Å². The van der Waals surface area contributed by atoms with Crippen molar-refractivity contribution in [2.24, 2.45) is 0 Å². The summed E-state index contributed by atoms with van der Waals surface area (Å²) in [6.07, 6.45) is 0.0906. The average Bonchev–Trinajstić information content (AvgIpc) is 2.27. The van der Waals surface area contributed by atoms with E-state index in [1.54, 1.807) is 20.0 Å². The van der Waals surface area contributed by atoms with Gasteiger partial charge in [-0.05, 0) is 25.5 Å². The van der Waals surface area contributed by atoms with Gasteiger partial charge >= 0.3 is 0 Å². The number of aliphatic hydroxyl groups is 1. The van der Waals surface area contributed by atoms with Crippen LogP contribution in [0, 0.1) is 0 Å². The maximum absolute atomic E-state index is 11.7. The Balaban J connectivity index is 2.65. The summed E-state index contributed by atoms with van der Waals surface area (Å²) in [5, 5.41) is 14.8. The lowest BCUT2D eigenvalue weighted by Gasteiger charge is -2.08. The van der Waals surface area contributed by atoms with E-state index in [0.29, 0.717) is 24.3 Å². The molecule has 0 aromatic carbocycles. The average molecular weight is 258 g/mol. The van der Waals surface area contributed by atoms with Crippen molar-refractivity contribution in [3.8, 4) is 0 Å². The fourth-order valence-electron chi connectivity index (χ4n) is 1.25. The molecule has 17 heavy (non-hydrogen) atoms. The molecule has 0 saturated carbocycles. The van der Waals surface area contributed by atoms with Crippen LogP contribution in [0.4, 0.5) is 5.82 Å². The number of halogens is 1. The highest BCUT2D eigenvalue weighted by Gasteiger charge is 2.08. The van der Waals surface area contributed by atoms with Gasteiger partial charge in [0.05, 0.1) is 6.10 Å². The second-order valence-electron chi connectivity index (χ2n) is 3.71. The first-order valence-corrected chi connectivity index (χ1v) is 5.72. The number of aliphatic hydroxyl groups excluding tert-OH is 1. The molecule has 0 aliphatic carbocycles. The minimum atomic E-state index is -0.427. The monoisotopic (exact) mass is 257 g/mol. The van der Waals surface area contributed by atoms with E-state index < -0.39 is 6.10 Å². The van der Waals surface area contributed by atoms with Crippen molar-refractivity contribution in [2.45, 2.75) is 19.4 Å². The predicted octanol–water partition coefficient (Wildman–Crippen LogP) is 1.28. The van der Waals surface area contributed by atoms with E-state index in [9.17, 15) is 4.79 Å². The number of hydrogen-bond donors (Lipinski definition) is 3. The first kappa shape index (κ1) is 13.7. The van der Waals surface area contributed by atoms with Crippen molar-refractivity contribution in [2.75, 3.05) is 18.9 Å². The van der Waals surface area contributed by atoms with Crippen LogP contribution in [0.1, 0.15) is 23.7 Å². The number of anilines is 1. The van der Waals surface area contributed by atoms with Crippen molar-refractivity contribution in [3.05, 3.63) is 22.8 Å². The lowest BCUT2D eigenvalue weighted by molar-refractivity contribution is 0.0945. The van der Waals surface area contributed by atoms with E-state index in [1.807, 2.05) is 0 Å². The Hall–Kier alpha value is -1.33. The summed E-state index contributed by atoms with van der Waals surface area (Å²) in [6.45, 7) is 2.10. The van der Waals surface area contributed by atoms with Gasteiger partial charge in [-0.1, -0.05) is 11.6 Å². The molecule has 94 valence electrons. The van der Waals surface area contributed by atoms with Crippen molar-refractivity contribution in [1.82, 2.24) is 10.3 Å². The van der Waals surface area contributed by atoms with Crippen LogP contribution in [0.5, 0.6) is 0 Å². The van der Waals surface area contributed by atoms with Crippen LogP contribution in [-0.4, -0.2) is 35.7 Å². The summed E-state index contributed by atoms with van der Waals surface area (Å²) >= 11 is 5.79. The van der Waals surface area contributed by atoms with Gasteiger partial charge in [0.25, 0.3) is 5.91 Å². The van der Waals surface area contributed by atoms with E-state index >= 15 is 0 Å². The number of hydrogen-bond acceptors (Lipinski definition) is 4. The maximum atomic E-state index is 11.7. The van der Waals surface area contributed by atoms with Crippen molar-refractivity contribution in [3.63, 3.8) is 0 Å². The van der Waals surface area contributed by atoms with Gasteiger partial charge < -0.3 is 15.7 Å². The zero-order chi connectivity index (χ0) is 12.8. The molecule has 0 spiro atoms. The highest BCUT2D eigenvalue weighted by atomic mass is 35.5. The van der Waals surface area contributed by atoms with Gasteiger partial charge in [0, 0.05) is 19.2 Å². The Morgan fingerprint density at radius 2 is 2.29 bits per heavy atom. The van der Waals surface area contributed by atoms with Gasteiger partial charge in [0.1, 0.15) is 11.0 Å². The molecule has 1 aromatic rings. The van der Waals surface area contributed by atoms with Gasteiger partial charge in [-0.25, -0.2) is 4.98 Å². The molecule has 1 unspecified atom stereocenters. The van der Waals surface area contributed by atoms with E-state index in [1.165, 1.54) is 6.07 Å². The van der Waals surface area contributed by atoms with Gasteiger partial charge in [-0.3, -0.25) is 4.79 Å². The quantitative estimate of drug-likeness (QED) is 0.695. The Morgan fingerprint density at radius 1 is 1.59 bits per heavy atom. The number of nitrogens with one attached hydrogen (secondary N) is 2. The lowest BCUT2D eigenvalue weighted by atomic mass is 10.2. The fraction of sp³-hybridized carbons (Fsp3) is 0.455. The Bertz CT molecular complexity index is 396. The van der Waals surface area contributed by atoms with E-state index in [2.05, 4.69) is 15.6 Å².